The number of likely N-dealkylation sites (tertiary alicyclic amines) is 1. The van der Waals surface area contributed by atoms with Crippen LogP contribution in [-0.4, -0.2) is 48.2 Å². The molecule has 6 nitrogen and oxygen atoms in total. The lowest BCUT2D eigenvalue weighted by molar-refractivity contribution is 0.0911. The zero-order valence-electron chi connectivity index (χ0n) is 11.9. The summed E-state index contributed by atoms with van der Waals surface area (Å²) in [5.74, 6) is 0.205. The number of aromatic hydroxyl groups is 1. The highest BCUT2D eigenvalue weighted by Gasteiger charge is 2.30. The molecule has 0 aliphatic carbocycles. The van der Waals surface area contributed by atoms with Gasteiger partial charge in [0.2, 0.25) is 0 Å². The van der Waals surface area contributed by atoms with Crippen LogP contribution in [0, 0.1) is 0 Å². The number of rotatable bonds is 5. The lowest BCUT2D eigenvalue weighted by Crippen LogP contribution is -2.39. The highest BCUT2D eigenvalue weighted by atomic mass is 16.6. The number of aldehydes is 1. The van der Waals surface area contributed by atoms with E-state index in [9.17, 15) is 14.7 Å². The van der Waals surface area contributed by atoms with Crippen molar-refractivity contribution < 1.29 is 24.2 Å². The zero-order chi connectivity index (χ0) is 15.2. The molecule has 1 heterocycles. The SMILES string of the molecule is CCOC(=O)N1CCCC1COc1cccc(O)c1C=O. The van der Waals surface area contributed by atoms with E-state index in [1.165, 1.54) is 6.07 Å². The van der Waals surface area contributed by atoms with Crippen LogP contribution >= 0.6 is 0 Å². The van der Waals surface area contributed by atoms with Gasteiger partial charge in [-0.2, -0.15) is 0 Å². The predicted octanol–water partition coefficient (Wildman–Crippen LogP) is 2.20. The van der Waals surface area contributed by atoms with E-state index >= 15 is 0 Å². The Balaban J connectivity index is 2.01. The van der Waals surface area contributed by atoms with Gasteiger partial charge in [-0.1, -0.05) is 6.07 Å². The molecule has 1 aliphatic heterocycles. The van der Waals surface area contributed by atoms with Crippen molar-refractivity contribution in [2.45, 2.75) is 25.8 Å². The van der Waals surface area contributed by atoms with Gasteiger partial charge in [0.1, 0.15) is 18.1 Å². The van der Waals surface area contributed by atoms with Crippen LogP contribution in [-0.2, 0) is 4.74 Å². The summed E-state index contributed by atoms with van der Waals surface area (Å²) in [5, 5.41) is 9.60. The summed E-state index contributed by atoms with van der Waals surface area (Å²) in [6.45, 7) is 3.02. The molecular weight excluding hydrogens is 274 g/mol. The topological polar surface area (TPSA) is 76.1 Å². The Morgan fingerprint density at radius 3 is 3.05 bits per heavy atom. The van der Waals surface area contributed by atoms with Gasteiger partial charge < -0.3 is 19.5 Å². The van der Waals surface area contributed by atoms with Crippen molar-refractivity contribution in [2.75, 3.05) is 19.8 Å². The van der Waals surface area contributed by atoms with Gasteiger partial charge in [-0.3, -0.25) is 4.79 Å². The monoisotopic (exact) mass is 293 g/mol. The molecule has 1 aliphatic rings. The van der Waals surface area contributed by atoms with E-state index in [0.29, 0.717) is 25.2 Å². The summed E-state index contributed by atoms with van der Waals surface area (Å²) in [5.41, 5.74) is 0.123. The Morgan fingerprint density at radius 1 is 1.52 bits per heavy atom. The van der Waals surface area contributed by atoms with Gasteiger partial charge in [0.25, 0.3) is 0 Å². The Morgan fingerprint density at radius 2 is 2.33 bits per heavy atom. The van der Waals surface area contributed by atoms with E-state index in [1.807, 2.05) is 0 Å². The molecule has 1 fully saturated rings. The van der Waals surface area contributed by atoms with Gasteiger partial charge in [0.15, 0.2) is 6.29 Å². The number of phenolic OH excluding ortho intramolecular Hbond substituents is 1. The van der Waals surface area contributed by atoms with Gasteiger partial charge in [-0.05, 0) is 31.9 Å². The molecule has 1 N–H and O–H groups in total. The standard InChI is InChI=1S/C15H19NO5/c1-2-20-15(19)16-8-4-5-11(16)10-21-14-7-3-6-13(18)12(14)9-17/h3,6-7,9,11,18H,2,4-5,8,10H2,1H3. The molecule has 6 heteroatoms. The van der Waals surface area contributed by atoms with E-state index in [1.54, 1.807) is 24.0 Å². The lowest BCUT2D eigenvalue weighted by atomic mass is 10.2. The van der Waals surface area contributed by atoms with Crippen LogP contribution in [0.3, 0.4) is 0 Å². The fraction of sp³-hybridized carbons (Fsp3) is 0.467. The molecule has 1 amide bonds. The lowest BCUT2D eigenvalue weighted by Gasteiger charge is -2.24. The van der Waals surface area contributed by atoms with E-state index in [0.717, 1.165) is 12.8 Å². The van der Waals surface area contributed by atoms with Gasteiger partial charge in [0.05, 0.1) is 18.2 Å². The van der Waals surface area contributed by atoms with Crippen molar-refractivity contribution in [1.29, 1.82) is 0 Å². The summed E-state index contributed by atoms with van der Waals surface area (Å²) in [6, 6.07) is 4.57. The second kappa shape index (κ2) is 6.97. The summed E-state index contributed by atoms with van der Waals surface area (Å²) < 4.78 is 10.6. The second-order valence-electron chi connectivity index (χ2n) is 4.81. The van der Waals surface area contributed by atoms with Crippen LogP contribution in [0.15, 0.2) is 18.2 Å². The van der Waals surface area contributed by atoms with E-state index in [-0.39, 0.29) is 30.1 Å². The molecule has 21 heavy (non-hydrogen) atoms. The molecule has 1 unspecified atom stereocenters. The molecular formula is C15H19NO5. The average Bonchev–Trinajstić information content (AvgIpc) is 2.94. The molecule has 2 rings (SSSR count). The summed E-state index contributed by atoms with van der Waals surface area (Å²) in [6.07, 6.45) is 1.94. The van der Waals surface area contributed by atoms with Crippen molar-refractivity contribution in [3.05, 3.63) is 23.8 Å². The number of phenols is 1. The van der Waals surface area contributed by atoms with E-state index in [4.69, 9.17) is 9.47 Å². The zero-order valence-corrected chi connectivity index (χ0v) is 11.9. The van der Waals surface area contributed by atoms with Crippen molar-refractivity contribution in [3.63, 3.8) is 0 Å². The molecule has 0 spiro atoms. The number of hydrogen-bond donors (Lipinski definition) is 1. The van der Waals surface area contributed by atoms with Gasteiger partial charge in [0, 0.05) is 6.54 Å². The summed E-state index contributed by atoms with van der Waals surface area (Å²) >= 11 is 0. The van der Waals surface area contributed by atoms with Crippen molar-refractivity contribution in [3.8, 4) is 11.5 Å². The first-order chi connectivity index (χ1) is 10.2. The number of hydrogen-bond acceptors (Lipinski definition) is 5. The minimum absolute atomic E-state index is 0.0779. The van der Waals surface area contributed by atoms with Crippen molar-refractivity contribution >= 4 is 12.4 Å². The average molecular weight is 293 g/mol. The van der Waals surface area contributed by atoms with Crippen LogP contribution < -0.4 is 4.74 Å². The molecule has 0 saturated carbocycles. The maximum Gasteiger partial charge on any atom is 0.410 e. The third-order valence-electron chi connectivity index (χ3n) is 3.47. The highest BCUT2D eigenvalue weighted by molar-refractivity contribution is 5.83. The van der Waals surface area contributed by atoms with E-state index in [2.05, 4.69) is 0 Å². The predicted molar refractivity (Wildman–Crippen MR) is 75.7 cm³/mol. The van der Waals surface area contributed by atoms with Crippen molar-refractivity contribution in [2.24, 2.45) is 0 Å². The first-order valence-electron chi connectivity index (χ1n) is 7.00. The van der Waals surface area contributed by atoms with Crippen LogP contribution in [0.4, 0.5) is 4.79 Å². The fourth-order valence-corrected chi connectivity index (χ4v) is 2.42. The fourth-order valence-electron chi connectivity index (χ4n) is 2.42. The van der Waals surface area contributed by atoms with Crippen LogP contribution in [0.5, 0.6) is 11.5 Å². The number of carbonyl (C=O) groups excluding carboxylic acids is 2. The third-order valence-corrected chi connectivity index (χ3v) is 3.47. The minimum atomic E-state index is -0.338. The molecule has 0 radical (unpaired) electrons. The molecule has 1 aromatic rings. The second-order valence-corrected chi connectivity index (χ2v) is 4.81. The minimum Gasteiger partial charge on any atom is -0.507 e. The number of benzene rings is 1. The maximum atomic E-state index is 11.8. The summed E-state index contributed by atoms with van der Waals surface area (Å²) in [4.78, 5) is 24.4. The normalized spacial score (nSPS) is 17.6. The van der Waals surface area contributed by atoms with Crippen molar-refractivity contribution in [1.82, 2.24) is 4.90 Å². The molecule has 1 atom stereocenters. The third kappa shape index (κ3) is 3.45. The first kappa shape index (κ1) is 15.2. The Kier molecular flexibility index (Phi) is 5.03. The molecule has 0 aromatic heterocycles. The summed E-state index contributed by atoms with van der Waals surface area (Å²) in [7, 11) is 0. The number of nitrogens with zero attached hydrogens (tertiary/aromatic N) is 1. The highest BCUT2D eigenvalue weighted by Crippen LogP contribution is 2.27. The molecule has 114 valence electrons. The Labute approximate surface area is 123 Å². The molecule has 0 bridgehead atoms. The van der Waals surface area contributed by atoms with Gasteiger partial charge in [-0.15, -0.1) is 0 Å². The quantitative estimate of drug-likeness (QED) is 0.842. The van der Waals surface area contributed by atoms with Gasteiger partial charge >= 0.3 is 6.09 Å². The van der Waals surface area contributed by atoms with E-state index < -0.39 is 0 Å². The number of ether oxygens (including phenoxy) is 2. The number of amides is 1. The molecule has 1 aromatic carbocycles. The molecule has 1 saturated heterocycles. The van der Waals surface area contributed by atoms with Crippen LogP contribution in [0.2, 0.25) is 0 Å². The Hall–Kier alpha value is -2.24. The first-order valence-corrected chi connectivity index (χ1v) is 7.00. The van der Waals surface area contributed by atoms with Gasteiger partial charge in [-0.25, -0.2) is 4.79 Å². The number of carbonyl (C=O) groups is 2. The van der Waals surface area contributed by atoms with Crippen LogP contribution in [0.1, 0.15) is 30.1 Å². The van der Waals surface area contributed by atoms with Crippen LogP contribution in [0.25, 0.3) is 0 Å². The largest absolute Gasteiger partial charge is 0.507 e. The smallest absolute Gasteiger partial charge is 0.410 e. The maximum absolute atomic E-state index is 11.8. The Bertz CT molecular complexity index is 517.